The number of hydrogen-bond acceptors (Lipinski definition) is 3. The molecule has 1 unspecified atom stereocenters. The quantitative estimate of drug-likeness (QED) is 0.672. The first-order valence-electron chi connectivity index (χ1n) is 4.96. The maximum absolute atomic E-state index is 11.8. The molecular formula is C10H18N2O2. The third-order valence-electron chi connectivity index (χ3n) is 2.68. The number of carbonyl (C=O) groups excluding carboxylic acids is 2. The summed E-state index contributed by atoms with van der Waals surface area (Å²) in [6, 6.07) is -0.0678. The molecule has 0 aromatic rings. The summed E-state index contributed by atoms with van der Waals surface area (Å²) in [6.45, 7) is 5.98. The molecule has 2 N–H and O–H groups in total. The van der Waals surface area contributed by atoms with Crippen LogP contribution in [0, 0.1) is 5.41 Å². The Morgan fingerprint density at radius 2 is 2.07 bits per heavy atom. The van der Waals surface area contributed by atoms with E-state index in [0.29, 0.717) is 19.4 Å². The molecule has 1 aliphatic rings. The van der Waals surface area contributed by atoms with Crippen molar-refractivity contribution in [3.63, 3.8) is 0 Å². The standard InChI is InChI=1S/C10H18N2O2/c1-7(4-5-11)12-8(13)6-10(2,3)9(12)14/h7H,4-6,11H2,1-3H3. The van der Waals surface area contributed by atoms with E-state index in [9.17, 15) is 9.59 Å². The lowest BCUT2D eigenvalue weighted by molar-refractivity contribution is -0.143. The molecule has 80 valence electrons. The van der Waals surface area contributed by atoms with Crippen LogP contribution in [-0.2, 0) is 9.59 Å². The third kappa shape index (κ3) is 1.80. The highest BCUT2D eigenvalue weighted by Crippen LogP contribution is 2.33. The fourth-order valence-electron chi connectivity index (χ4n) is 1.79. The number of amides is 2. The SMILES string of the molecule is CC(CCN)N1C(=O)CC(C)(C)C1=O. The lowest BCUT2D eigenvalue weighted by Crippen LogP contribution is -2.40. The molecule has 1 rings (SSSR count). The van der Waals surface area contributed by atoms with Gasteiger partial charge in [-0.05, 0) is 19.9 Å². The van der Waals surface area contributed by atoms with E-state index in [0.717, 1.165) is 0 Å². The molecule has 1 aliphatic heterocycles. The van der Waals surface area contributed by atoms with Gasteiger partial charge in [0.05, 0.1) is 5.41 Å². The molecule has 4 heteroatoms. The van der Waals surface area contributed by atoms with Crippen molar-refractivity contribution < 1.29 is 9.59 Å². The van der Waals surface area contributed by atoms with Crippen molar-refractivity contribution in [1.82, 2.24) is 4.90 Å². The summed E-state index contributed by atoms with van der Waals surface area (Å²) in [5.74, 6) is -0.135. The summed E-state index contributed by atoms with van der Waals surface area (Å²) in [5, 5.41) is 0. The highest BCUT2D eigenvalue weighted by atomic mass is 16.2. The lowest BCUT2D eigenvalue weighted by Gasteiger charge is -2.23. The Bertz CT molecular complexity index is 261. The topological polar surface area (TPSA) is 63.4 Å². The van der Waals surface area contributed by atoms with Crippen LogP contribution in [-0.4, -0.2) is 29.3 Å². The second-order valence-corrected chi connectivity index (χ2v) is 4.56. The van der Waals surface area contributed by atoms with Crippen LogP contribution in [0.5, 0.6) is 0 Å². The van der Waals surface area contributed by atoms with Crippen LogP contribution in [0.4, 0.5) is 0 Å². The highest BCUT2D eigenvalue weighted by Gasteiger charge is 2.46. The minimum absolute atomic E-state index is 0.0662. The first-order valence-corrected chi connectivity index (χ1v) is 4.96. The number of nitrogens with zero attached hydrogens (tertiary/aromatic N) is 1. The Hall–Kier alpha value is -0.900. The number of hydrogen-bond donors (Lipinski definition) is 1. The monoisotopic (exact) mass is 198 g/mol. The van der Waals surface area contributed by atoms with E-state index in [-0.39, 0.29) is 17.9 Å². The van der Waals surface area contributed by atoms with Gasteiger partial charge >= 0.3 is 0 Å². The molecule has 0 radical (unpaired) electrons. The lowest BCUT2D eigenvalue weighted by atomic mass is 9.92. The van der Waals surface area contributed by atoms with Gasteiger partial charge in [-0.15, -0.1) is 0 Å². The molecule has 0 aromatic carbocycles. The molecular weight excluding hydrogens is 180 g/mol. The van der Waals surface area contributed by atoms with E-state index < -0.39 is 5.41 Å². The Morgan fingerprint density at radius 1 is 1.50 bits per heavy atom. The fourth-order valence-corrected chi connectivity index (χ4v) is 1.79. The maximum atomic E-state index is 11.8. The predicted octanol–water partition coefficient (Wildman–Crippen LogP) is 0.509. The van der Waals surface area contributed by atoms with Crippen molar-refractivity contribution in [2.75, 3.05) is 6.54 Å². The van der Waals surface area contributed by atoms with Gasteiger partial charge in [-0.1, -0.05) is 13.8 Å². The van der Waals surface area contributed by atoms with Crippen LogP contribution < -0.4 is 5.73 Å². The van der Waals surface area contributed by atoms with Gasteiger partial charge in [0.25, 0.3) is 0 Å². The van der Waals surface area contributed by atoms with Crippen molar-refractivity contribution in [1.29, 1.82) is 0 Å². The van der Waals surface area contributed by atoms with Crippen molar-refractivity contribution in [3.05, 3.63) is 0 Å². The second kappa shape index (κ2) is 3.69. The number of likely N-dealkylation sites (tertiary alicyclic amines) is 1. The summed E-state index contributed by atoms with van der Waals surface area (Å²) in [4.78, 5) is 24.8. The fraction of sp³-hybridized carbons (Fsp3) is 0.800. The first kappa shape index (κ1) is 11.2. The van der Waals surface area contributed by atoms with Gasteiger partial charge in [-0.25, -0.2) is 0 Å². The van der Waals surface area contributed by atoms with Crippen LogP contribution in [0.2, 0.25) is 0 Å². The minimum atomic E-state index is -0.528. The molecule has 1 heterocycles. The maximum Gasteiger partial charge on any atom is 0.235 e. The molecule has 0 bridgehead atoms. The number of nitrogens with two attached hydrogens (primary N) is 1. The number of rotatable bonds is 3. The molecule has 0 saturated carbocycles. The molecule has 0 aromatic heterocycles. The first-order chi connectivity index (χ1) is 6.40. The Kier molecular flexibility index (Phi) is 2.95. The summed E-state index contributed by atoms with van der Waals surface area (Å²) in [6.07, 6.45) is 0.994. The van der Waals surface area contributed by atoms with E-state index in [2.05, 4.69) is 0 Å². The second-order valence-electron chi connectivity index (χ2n) is 4.56. The highest BCUT2D eigenvalue weighted by molar-refractivity contribution is 6.05. The molecule has 14 heavy (non-hydrogen) atoms. The zero-order valence-corrected chi connectivity index (χ0v) is 9.04. The third-order valence-corrected chi connectivity index (χ3v) is 2.68. The molecule has 1 fully saturated rings. The summed E-state index contributed by atoms with van der Waals surface area (Å²) >= 11 is 0. The van der Waals surface area contributed by atoms with E-state index in [1.165, 1.54) is 4.90 Å². The zero-order valence-electron chi connectivity index (χ0n) is 9.04. The van der Waals surface area contributed by atoms with E-state index in [4.69, 9.17) is 5.73 Å². The number of carbonyl (C=O) groups is 2. The zero-order chi connectivity index (χ0) is 10.9. The minimum Gasteiger partial charge on any atom is -0.330 e. The van der Waals surface area contributed by atoms with Crippen LogP contribution in [0.1, 0.15) is 33.6 Å². The van der Waals surface area contributed by atoms with Gasteiger partial charge in [0.15, 0.2) is 0 Å². The van der Waals surface area contributed by atoms with Crippen LogP contribution >= 0.6 is 0 Å². The van der Waals surface area contributed by atoms with Gasteiger partial charge in [-0.2, -0.15) is 0 Å². The normalized spacial score (nSPS) is 23.0. The molecule has 1 saturated heterocycles. The summed E-state index contributed by atoms with van der Waals surface area (Å²) < 4.78 is 0. The largest absolute Gasteiger partial charge is 0.330 e. The van der Waals surface area contributed by atoms with Gasteiger partial charge in [-0.3, -0.25) is 14.5 Å². The van der Waals surface area contributed by atoms with E-state index in [1.807, 2.05) is 20.8 Å². The van der Waals surface area contributed by atoms with Crippen LogP contribution in [0.25, 0.3) is 0 Å². The Balaban J connectivity index is 2.80. The Morgan fingerprint density at radius 3 is 2.43 bits per heavy atom. The molecule has 0 spiro atoms. The van der Waals surface area contributed by atoms with Crippen molar-refractivity contribution in [3.8, 4) is 0 Å². The average molecular weight is 198 g/mol. The molecule has 4 nitrogen and oxygen atoms in total. The Labute approximate surface area is 84.4 Å². The molecule has 0 aliphatic carbocycles. The van der Waals surface area contributed by atoms with E-state index >= 15 is 0 Å². The van der Waals surface area contributed by atoms with Crippen molar-refractivity contribution in [2.24, 2.45) is 11.1 Å². The van der Waals surface area contributed by atoms with Gasteiger partial charge in [0, 0.05) is 12.5 Å². The molecule has 2 amide bonds. The molecule has 1 atom stereocenters. The predicted molar refractivity (Wildman–Crippen MR) is 53.4 cm³/mol. The smallest absolute Gasteiger partial charge is 0.235 e. The average Bonchev–Trinajstić information content (AvgIpc) is 2.22. The summed E-state index contributed by atoms with van der Waals surface area (Å²) in [5.41, 5.74) is 4.88. The van der Waals surface area contributed by atoms with Crippen LogP contribution in [0.15, 0.2) is 0 Å². The number of imide groups is 1. The van der Waals surface area contributed by atoms with Gasteiger partial charge in [0.2, 0.25) is 11.8 Å². The van der Waals surface area contributed by atoms with Crippen LogP contribution in [0.3, 0.4) is 0 Å². The van der Waals surface area contributed by atoms with E-state index in [1.54, 1.807) is 0 Å². The van der Waals surface area contributed by atoms with Gasteiger partial charge in [0.1, 0.15) is 0 Å². The van der Waals surface area contributed by atoms with Gasteiger partial charge < -0.3 is 5.73 Å². The van der Waals surface area contributed by atoms with Crippen molar-refractivity contribution >= 4 is 11.8 Å². The summed E-state index contributed by atoms with van der Waals surface area (Å²) in [7, 11) is 0. The van der Waals surface area contributed by atoms with Crippen molar-refractivity contribution in [2.45, 2.75) is 39.7 Å².